The first-order chi connectivity index (χ1) is 7.16. The van der Waals surface area contributed by atoms with Gasteiger partial charge in [-0.05, 0) is 25.0 Å². The summed E-state index contributed by atoms with van der Waals surface area (Å²) >= 11 is 0. The second-order valence-corrected chi connectivity index (χ2v) is 3.74. The Hall–Kier alpha value is -1.45. The molecule has 1 fully saturated rings. The summed E-state index contributed by atoms with van der Waals surface area (Å²) in [5, 5.41) is 2.40. The van der Waals surface area contributed by atoms with Gasteiger partial charge >= 0.3 is 0 Å². The van der Waals surface area contributed by atoms with Crippen molar-refractivity contribution < 1.29 is 13.6 Å². The summed E-state index contributed by atoms with van der Waals surface area (Å²) in [7, 11) is 0. The Morgan fingerprint density at radius 2 is 2.07 bits per heavy atom. The molecule has 0 saturated heterocycles. The largest absolute Gasteiger partial charge is 0.323 e. The van der Waals surface area contributed by atoms with E-state index in [1.54, 1.807) is 0 Å². The SMILES string of the molecule is O=C(Nc1cc(F)ccc1F)C1CCC1. The Bertz CT molecular complexity index is 388. The molecule has 0 bridgehead atoms. The van der Waals surface area contributed by atoms with Crippen molar-refractivity contribution in [1.82, 2.24) is 0 Å². The van der Waals surface area contributed by atoms with E-state index in [2.05, 4.69) is 5.32 Å². The average Bonchev–Trinajstić information content (AvgIpc) is 2.08. The molecule has 2 nitrogen and oxygen atoms in total. The lowest BCUT2D eigenvalue weighted by molar-refractivity contribution is -0.122. The van der Waals surface area contributed by atoms with Crippen LogP contribution in [0, 0.1) is 17.6 Å². The highest BCUT2D eigenvalue weighted by atomic mass is 19.1. The molecule has 0 atom stereocenters. The van der Waals surface area contributed by atoms with Gasteiger partial charge in [0.05, 0.1) is 5.69 Å². The predicted octanol–water partition coefficient (Wildman–Crippen LogP) is 2.70. The van der Waals surface area contributed by atoms with E-state index in [1.165, 1.54) is 0 Å². The minimum absolute atomic E-state index is 0.0346. The number of hydrogen-bond acceptors (Lipinski definition) is 1. The van der Waals surface area contributed by atoms with Gasteiger partial charge in [-0.3, -0.25) is 4.79 Å². The Kier molecular flexibility index (Phi) is 2.66. The van der Waals surface area contributed by atoms with Crippen LogP contribution in [0.2, 0.25) is 0 Å². The molecular formula is C11H11F2NO. The number of halogens is 2. The lowest BCUT2D eigenvalue weighted by Gasteiger charge is -2.24. The molecule has 1 aliphatic rings. The van der Waals surface area contributed by atoms with Gasteiger partial charge in [0.15, 0.2) is 0 Å². The van der Waals surface area contributed by atoms with Gasteiger partial charge in [0, 0.05) is 12.0 Å². The zero-order valence-electron chi connectivity index (χ0n) is 8.09. The highest BCUT2D eigenvalue weighted by Gasteiger charge is 2.25. The number of hydrogen-bond donors (Lipinski definition) is 1. The standard InChI is InChI=1S/C11H11F2NO/c12-8-4-5-9(13)10(6-8)14-11(15)7-2-1-3-7/h4-7H,1-3H2,(H,14,15). The Morgan fingerprint density at radius 1 is 1.33 bits per heavy atom. The van der Waals surface area contributed by atoms with Gasteiger partial charge in [-0.25, -0.2) is 8.78 Å². The lowest BCUT2D eigenvalue weighted by atomic mass is 9.85. The number of benzene rings is 1. The number of carbonyl (C=O) groups excluding carboxylic acids is 1. The maximum atomic E-state index is 13.1. The number of anilines is 1. The van der Waals surface area contributed by atoms with Crippen LogP contribution in [0.4, 0.5) is 14.5 Å². The van der Waals surface area contributed by atoms with Crippen molar-refractivity contribution in [3.05, 3.63) is 29.8 Å². The van der Waals surface area contributed by atoms with E-state index in [-0.39, 0.29) is 17.5 Å². The average molecular weight is 211 g/mol. The van der Waals surface area contributed by atoms with E-state index in [0.717, 1.165) is 37.5 Å². The molecule has 0 aliphatic heterocycles. The smallest absolute Gasteiger partial charge is 0.227 e. The maximum absolute atomic E-state index is 13.1. The van der Waals surface area contributed by atoms with Crippen LogP contribution in [0.15, 0.2) is 18.2 Å². The number of carbonyl (C=O) groups is 1. The normalized spacial score (nSPS) is 15.9. The monoisotopic (exact) mass is 211 g/mol. The van der Waals surface area contributed by atoms with Gasteiger partial charge in [-0.2, -0.15) is 0 Å². The second kappa shape index (κ2) is 3.96. The fourth-order valence-electron chi connectivity index (χ4n) is 1.50. The molecule has 2 rings (SSSR count). The van der Waals surface area contributed by atoms with Crippen LogP contribution >= 0.6 is 0 Å². The van der Waals surface area contributed by atoms with Crippen molar-refractivity contribution in [2.45, 2.75) is 19.3 Å². The molecule has 1 aliphatic carbocycles. The first-order valence-electron chi connectivity index (χ1n) is 4.93. The molecule has 0 spiro atoms. The van der Waals surface area contributed by atoms with Crippen LogP contribution in [-0.2, 0) is 4.79 Å². The minimum Gasteiger partial charge on any atom is -0.323 e. The summed E-state index contributed by atoms with van der Waals surface area (Å²) in [6.45, 7) is 0. The Morgan fingerprint density at radius 3 is 2.67 bits per heavy atom. The highest BCUT2D eigenvalue weighted by Crippen LogP contribution is 2.28. The molecule has 0 radical (unpaired) electrons. The molecule has 0 heterocycles. The lowest BCUT2D eigenvalue weighted by Crippen LogP contribution is -2.28. The van der Waals surface area contributed by atoms with Gasteiger partial charge in [0.2, 0.25) is 5.91 Å². The zero-order chi connectivity index (χ0) is 10.8. The third-order valence-corrected chi connectivity index (χ3v) is 2.66. The maximum Gasteiger partial charge on any atom is 0.227 e. The summed E-state index contributed by atoms with van der Waals surface area (Å²) in [5.41, 5.74) is -0.0769. The molecule has 1 saturated carbocycles. The van der Waals surface area contributed by atoms with Crippen molar-refractivity contribution >= 4 is 11.6 Å². The molecule has 1 aromatic carbocycles. The predicted molar refractivity (Wildman–Crippen MR) is 52.3 cm³/mol. The fraction of sp³-hybridized carbons (Fsp3) is 0.364. The van der Waals surface area contributed by atoms with Gasteiger partial charge in [-0.1, -0.05) is 6.42 Å². The topological polar surface area (TPSA) is 29.1 Å². The van der Waals surface area contributed by atoms with Crippen molar-refractivity contribution in [1.29, 1.82) is 0 Å². The molecule has 1 amide bonds. The van der Waals surface area contributed by atoms with E-state index >= 15 is 0 Å². The van der Waals surface area contributed by atoms with Crippen LogP contribution in [-0.4, -0.2) is 5.91 Å². The van der Waals surface area contributed by atoms with Crippen LogP contribution < -0.4 is 5.32 Å². The first-order valence-corrected chi connectivity index (χ1v) is 4.93. The molecule has 1 N–H and O–H groups in total. The van der Waals surface area contributed by atoms with E-state index in [0.29, 0.717) is 0 Å². The van der Waals surface area contributed by atoms with E-state index < -0.39 is 11.6 Å². The van der Waals surface area contributed by atoms with Crippen molar-refractivity contribution in [2.24, 2.45) is 5.92 Å². The van der Waals surface area contributed by atoms with Gasteiger partial charge in [0.1, 0.15) is 11.6 Å². The van der Waals surface area contributed by atoms with Gasteiger partial charge < -0.3 is 5.32 Å². The van der Waals surface area contributed by atoms with Crippen LogP contribution in [0.25, 0.3) is 0 Å². The molecular weight excluding hydrogens is 200 g/mol. The summed E-state index contributed by atoms with van der Waals surface area (Å²) in [4.78, 5) is 11.5. The van der Waals surface area contributed by atoms with E-state index in [9.17, 15) is 13.6 Å². The third kappa shape index (κ3) is 2.14. The Balaban J connectivity index is 2.09. The van der Waals surface area contributed by atoms with Crippen molar-refractivity contribution in [3.8, 4) is 0 Å². The Labute approximate surface area is 86.3 Å². The van der Waals surface area contributed by atoms with Crippen molar-refractivity contribution in [2.75, 3.05) is 5.32 Å². The fourth-order valence-corrected chi connectivity index (χ4v) is 1.50. The van der Waals surface area contributed by atoms with Crippen LogP contribution in [0.5, 0.6) is 0 Å². The number of amides is 1. The summed E-state index contributed by atoms with van der Waals surface area (Å²) < 4.78 is 25.9. The number of nitrogens with one attached hydrogen (secondary N) is 1. The molecule has 0 aromatic heterocycles. The molecule has 4 heteroatoms. The van der Waals surface area contributed by atoms with Crippen molar-refractivity contribution in [3.63, 3.8) is 0 Å². The summed E-state index contributed by atoms with van der Waals surface area (Å²) in [6.07, 6.45) is 2.70. The molecule has 80 valence electrons. The second-order valence-electron chi connectivity index (χ2n) is 3.74. The number of rotatable bonds is 2. The zero-order valence-corrected chi connectivity index (χ0v) is 8.09. The quantitative estimate of drug-likeness (QED) is 0.800. The van der Waals surface area contributed by atoms with Crippen LogP contribution in [0.1, 0.15) is 19.3 Å². The van der Waals surface area contributed by atoms with E-state index in [1.807, 2.05) is 0 Å². The molecule has 0 unspecified atom stereocenters. The minimum atomic E-state index is -0.607. The van der Waals surface area contributed by atoms with E-state index in [4.69, 9.17) is 0 Å². The summed E-state index contributed by atoms with van der Waals surface area (Å²) in [6, 6.07) is 3.02. The molecule has 1 aromatic rings. The van der Waals surface area contributed by atoms with Crippen LogP contribution in [0.3, 0.4) is 0 Å². The van der Waals surface area contributed by atoms with Gasteiger partial charge in [0.25, 0.3) is 0 Å². The highest BCUT2D eigenvalue weighted by molar-refractivity contribution is 5.93. The summed E-state index contributed by atoms with van der Waals surface area (Å²) in [5.74, 6) is -1.41. The van der Waals surface area contributed by atoms with Gasteiger partial charge in [-0.15, -0.1) is 0 Å². The molecule has 15 heavy (non-hydrogen) atoms. The third-order valence-electron chi connectivity index (χ3n) is 2.66. The first kappa shape index (κ1) is 10.1.